The van der Waals surface area contributed by atoms with Crippen molar-refractivity contribution in [3.63, 3.8) is 0 Å². The first-order chi connectivity index (χ1) is 8.69. The molecule has 1 aromatic carbocycles. The van der Waals surface area contributed by atoms with Crippen LogP contribution in [0.15, 0.2) is 46.3 Å². The van der Waals surface area contributed by atoms with Crippen LogP contribution < -0.4 is 4.74 Å². The molecule has 0 unspecified atom stereocenters. The summed E-state index contributed by atoms with van der Waals surface area (Å²) in [6.45, 7) is 0. The summed E-state index contributed by atoms with van der Waals surface area (Å²) >= 11 is 1.41. The fourth-order valence-electron chi connectivity index (χ4n) is 1.25. The maximum absolute atomic E-state index is 10.6. The minimum Gasteiger partial charge on any atom is -0.497 e. The molecule has 6 heteroatoms. The molecule has 0 bridgehead atoms. The smallest absolute Gasteiger partial charge is 0.356 e. The van der Waals surface area contributed by atoms with Gasteiger partial charge in [0, 0.05) is 4.90 Å². The number of carboxylic acid groups (broad SMARTS) is 1. The van der Waals surface area contributed by atoms with E-state index in [1.54, 1.807) is 13.2 Å². The van der Waals surface area contributed by atoms with Crippen molar-refractivity contribution < 1.29 is 14.6 Å². The Bertz CT molecular complexity index is 540. The van der Waals surface area contributed by atoms with Gasteiger partial charge < -0.3 is 9.84 Å². The van der Waals surface area contributed by atoms with Crippen molar-refractivity contribution in [3.8, 4) is 5.75 Å². The second kappa shape index (κ2) is 5.50. The maximum atomic E-state index is 10.6. The molecule has 0 aliphatic rings. The van der Waals surface area contributed by atoms with Crippen LogP contribution in [0.5, 0.6) is 5.75 Å². The number of carboxylic acids is 1. The molecule has 0 radical (unpaired) electrons. The van der Waals surface area contributed by atoms with Gasteiger partial charge in [0.15, 0.2) is 5.69 Å². The predicted octanol–water partition coefficient (Wildman–Crippen LogP) is 2.33. The van der Waals surface area contributed by atoms with Crippen LogP contribution in [0.1, 0.15) is 10.5 Å². The number of rotatable bonds is 4. The highest BCUT2D eigenvalue weighted by molar-refractivity contribution is 7.99. The van der Waals surface area contributed by atoms with E-state index in [1.807, 2.05) is 24.3 Å². The van der Waals surface area contributed by atoms with Crippen LogP contribution in [-0.2, 0) is 0 Å². The van der Waals surface area contributed by atoms with Gasteiger partial charge in [-0.05, 0) is 36.4 Å². The molecule has 0 saturated carbocycles. The summed E-state index contributed by atoms with van der Waals surface area (Å²) in [6, 6.07) is 10.6. The van der Waals surface area contributed by atoms with Crippen molar-refractivity contribution in [2.75, 3.05) is 7.11 Å². The van der Waals surface area contributed by atoms with E-state index in [2.05, 4.69) is 10.2 Å². The van der Waals surface area contributed by atoms with Gasteiger partial charge in [-0.1, -0.05) is 11.8 Å². The van der Waals surface area contributed by atoms with E-state index < -0.39 is 5.97 Å². The highest BCUT2D eigenvalue weighted by atomic mass is 32.2. The third-order valence-corrected chi connectivity index (χ3v) is 3.08. The van der Waals surface area contributed by atoms with Crippen LogP contribution in [0.4, 0.5) is 0 Å². The molecule has 18 heavy (non-hydrogen) atoms. The van der Waals surface area contributed by atoms with Crippen LogP contribution in [-0.4, -0.2) is 28.4 Å². The van der Waals surface area contributed by atoms with Gasteiger partial charge >= 0.3 is 5.97 Å². The topological polar surface area (TPSA) is 72.3 Å². The van der Waals surface area contributed by atoms with Gasteiger partial charge in [0.05, 0.1) is 7.11 Å². The molecule has 0 atom stereocenters. The van der Waals surface area contributed by atoms with E-state index in [9.17, 15) is 4.79 Å². The van der Waals surface area contributed by atoms with Crippen molar-refractivity contribution in [1.82, 2.24) is 10.2 Å². The Morgan fingerprint density at radius 2 is 1.89 bits per heavy atom. The van der Waals surface area contributed by atoms with Gasteiger partial charge in [0.1, 0.15) is 10.8 Å². The number of methoxy groups -OCH3 is 1. The van der Waals surface area contributed by atoms with Gasteiger partial charge in [0.2, 0.25) is 0 Å². The first-order valence-electron chi connectivity index (χ1n) is 5.08. The van der Waals surface area contributed by atoms with Gasteiger partial charge in [-0.3, -0.25) is 0 Å². The summed E-state index contributed by atoms with van der Waals surface area (Å²) in [5, 5.41) is 16.8. The average Bonchev–Trinajstić information content (AvgIpc) is 2.40. The fraction of sp³-hybridized carbons (Fsp3) is 0.0833. The normalized spacial score (nSPS) is 10.1. The third kappa shape index (κ3) is 2.98. The molecule has 0 fully saturated rings. The number of carbonyl (C=O) groups is 1. The summed E-state index contributed by atoms with van der Waals surface area (Å²) in [5.74, 6) is -0.296. The number of aromatic nitrogens is 2. The number of nitrogens with zero attached hydrogens (tertiary/aromatic N) is 2. The molecule has 92 valence electrons. The third-order valence-electron chi connectivity index (χ3n) is 2.14. The van der Waals surface area contributed by atoms with E-state index in [1.165, 1.54) is 17.8 Å². The Morgan fingerprint density at radius 1 is 1.17 bits per heavy atom. The van der Waals surface area contributed by atoms with Crippen molar-refractivity contribution in [2.45, 2.75) is 9.92 Å². The molecule has 2 rings (SSSR count). The molecule has 1 aromatic heterocycles. The van der Waals surface area contributed by atoms with E-state index in [4.69, 9.17) is 9.84 Å². The highest BCUT2D eigenvalue weighted by Gasteiger charge is 2.06. The second-order valence-electron chi connectivity index (χ2n) is 3.34. The molecule has 0 spiro atoms. The molecular formula is C12H10N2O3S. The Hall–Kier alpha value is -2.08. The molecule has 0 amide bonds. The lowest BCUT2D eigenvalue weighted by Crippen LogP contribution is -2.01. The first kappa shape index (κ1) is 12.4. The Labute approximate surface area is 108 Å². The summed E-state index contributed by atoms with van der Waals surface area (Å²) < 4.78 is 5.06. The van der Waals surface area contributed by atoms with Gasteiger partial charge in [-0.2, -0.15) is 0 Å². The number of benzene rings is 1. The minimum absolute atomic E-state index is 0.0610. The standard InChI is InChI=1S/C12H10N2O3S/c1-17-8-2-4-9(5-3-8)18-11-7-6-10(12(15)16)13-14-11/h2-7H,1H3,(H,15,16). The van der Waals surface area contributed by atoms with E-state index in [0.717, 1.165) is 10.6 Å². The zero-order valence-corrected chi connectivity index (χ0v) is 10.3. The Kier molecular flexibility index (Phi) is 3.78. The summed E-state index contributed by atoms with van der Waals surface area (Å²) in [6.07, 6.45) is 0. The number of hydrogen-bond donors (Lipinski definition) is 1. The molecule has 5 nitrogen and oxygen atoms in total. The molecule has 1 heterocycles. The lowest BCUT2D eigenvalue weighted by molar-refractivity contribution is 0.0689. The van der Waals surface area contributed by atoms with Crippen molar-refractivity contribution >= 4 is 17.7 Å². The van der Waals surface area contributed by atoms with E-state index in [0.29, 0.717) is 5.03 Å². The molecule has 0 saturated heterocycles. The monoisotopic (exact) mass is 262 g/mol. The van der Waals surface area contributed by atoms with E-state index >= 15 is 0 Å². The average molecular weight is 262 g/mol. The quantitative estimate of drug-likeness (QED) is 0.911. The van der Waals surface area contributed by atoms with Gasteiger partial charge in [0.25, 0.3) is 0 Å². The molecule has 2 aromatic rings. The molecule has 0 aliphatic heterocycles. The minimum atomic E-state index is -1.08. The van der Waals surface area contributed by atoms with E-state index in [-0.39, 0.29) is 5.69 Å². The van der Waals surface area contributed by atoms with Crippen molar-refractivity contribution in [1.29, 1.82) is 0 Å². The number of aromatic carboxylic acids is 1. The molecule has 0 aliphatic carbocycles. The number of ether oxygens (including phenoxy) is 1. The highest BCUT2D eigenvalue weighted by Crippen LogP contribution is 2.26. The SMILES string of the molecule is COc1ccc(Sc2ccc(C(=O)O)nn2)cc1. The summed E-state index contributed by atoms with van der Waals surface area (Å²) in [7, 11) is 1.61. The van der Waals surface area contributed by atoms with Crippen molar-refractivity contribution in [2.24, 2.45) is 0 Å². The van der Waals surface area contributed by atoms with Crippen LogP contribution in [0.3, 0.4) is 0 Å². The van der Waals surface area contributed by atoms with Crippen LogP contribution >= 0.6 is 11.8 Å². The molecule has 1 N–H and O–H groups in total. The number of hydrogen-bond acceptors (Lipinski definition) is 5. The summed E-state index contributed by atoms with van der Waals surface area (Å²) in [5.41, 5.74) is -0.0610. The summed E-state index contributed by atoms with van der Waals surface area (Å²) in [4.78, 5) is 11.6. The maximum Gasteiger partial charge on any atom is 0.356 e. The van der Waals surface area contributed by atoms with Crippen LogP contribution in [0, 0.1) is 0 Å². The van der Waals surface area contributed by atoms with Crippen LogP contribution in [0.25, 0.3) is 0 Å². The largest absolute Gasteiger partial charge is 0.497 e. The Morgan fingerprint density at radius 3 is 2.39 bits per heavy atom. The van der Waals surface area contributed by atoms with Gasteiger partial charge in [-0.25, -0.2) is 4.79 Å². The second-order valence-corrected chi connectivity index (χ2v) is 4.43. The molecular weight excluding hydrogens is 252 g/mol. The fourth-order valence-corrected chi connectivity index (χ4v) is 1.98. The zero-order valence-electron chi connectivity index (χ0n) is 9.53. The van der Waals surface area contributed by atoms with Gasteiger partial charge in [-0.15, -0.1) is 10.2 Å². The first-order valence-corrected chi connectivity index (χ1v) is 5.89. The predicted molar refractivity (Wildman–Crippen MR) is 66.1 cm³/mol. The van der Waals surface area contributed by atoms with Crippen LogP contribution in [0.2, 0.25) is 0 Å². The lowest BCUT2D eigenvalue weighted by Gasteiger charge is -2.02. The zero-order chi connectivity index (χ0) is 13.0. The Balaban J connectivity index is 2.10. The van der Waals surface area contributed by atoms with Crippen molar-refractivity contribution in [3.05, 3.63) is 42.1 Å². The lowest BCUT2D eigenvalue weighted by atomic mass is 10.3.